The molecular formula is C12H8Cl3NO. The Morgan fingerprint density at radius 2 is 1.88 bits per heavy atom. The van der Waals surface area contributed by atoms with E-state index >= 15 is 0 Å². The number of carbonyl (C=O) groups is 1. The molecule has 1 atom stereocenters. The van der Waals surface area contributed by atoms with Crippen LogP contribution in [0.1, 0.15) is 6.42 Å². The standard InChI is InChI=1S/C12H8Cl3NO/c1-2-7-3-11(17)16(6-7)8-4-9(13)12(15)10(14)5-8/h1,4-5,7H,3,6H2. The monoisotopic (exact) mass is 287 g/mol. The molecule has 0 aliphatic carbocycles. The lowest BCUT2D eigenvalue weighted by Crippen LogP contribution is -2.24. The van der Waals surface area contributed by atoms with Crippen LogP contribution in [0, 0.1) is 18.3 Å². The van der Waals surface area contributed by atoms with Crippen molar-refractivity contribution in [3.05, 3.63) is 27.2 Å². The van der Waals surface area contributed by atoms with Gasteiger partial charge in [0, 0.05) is 24.6 Å². The lowest BCUT2D eigenvalue weighted by Gasteiger charge is -2.17. The number of terminal acetylenes is 1. The molecule has 1 aliphatic rings. The Hall–Kier alpha value is -0.880. The Kier molecular flexibility index (Phi) is 3.53. The molecule has 17 heavy (non-hydrogen) atoms. The molecule has 0 aromatic heterocycles. The van der Waals surface area contributed by atoms with E-state index in [-0.39, 0.29) is 16.8 Å². The SMILES string of the molecule is C#CC1CC(=O)N(c2cc(Cl)c(Cl)c(Cl)c2)C1. The number of carbonyl (C=O) groups excluding carboxylic acids is 1. The minimum absolute atomic E-state index is 0.0256. The molecule has 1 heterocycles. The first-order valence-corrected chi connectivity index (χ1v) is 6.07. The molecule has 1 amide bonds. The van der Waals surface area contributed by atoms with E-state index in [0.717, 1.165) is 0 Å². The van der Waals surface area contributed by atoms with Gasteiger partial charge in [0.25, 0.3) is 0 Å². The fourth-order valence-corrected chi connectivity index (χ4v) is 2.35. The van der Waals surface area contributed by atoms with Crippen molar-refractivity contribution >= 4 is 46.4 Å². The summed E-state index contributed by atoms with van der Waals surface area (Å²) in [5.74, 6) is 2.50. The molecular weight excluding hydrogens is 280 g/mol. The summed E-state index contributed by atoms with van der Waals surface area (Å²) in [5.41, 5.74) is 0.632. The lowest BCUT2D eigenvalue weighted by atomic mass is 10.1. The van der Waals surface area contributed by atoms with Gasteiger partial charge in [0.05, 0.1) is 15.1 Å². The Morgan fingerprint density at radius 3 is 2.35 bits per heavy atom. The van der Waals surface area contributed by atoms with Gasteiger partial charge in [0.15, 0.2) is 0 Å². The van der Waals surface area contributed by atoms with Gasteiger partial charge in [-0.25, -0.2) is 0 Å². The third-order valence-electron chi connectivity index (χ3n) is 2.64. The van der Waals surface area contributed by atoms with Crippen molar-refractivity contribution in [2.75, 3.05) is 11.4 Å². The van der Waals surface area contributed by atoms with E-state index in [1.54, 1.807) is 17.0 Å². The summed E-state index contributed by atoms with van der Waals surface area (Å²) >= 11 is 17.7. The van der Waals surface area contributed by atoms with E-state index in [2.05, 4.69) is 5.92 Å². The highest BCUT2D eigenvalue weighted by molar-refractivity contribution is 6.48. The first kappa shape index (κ1) is 12.6. The van der Waals surface area contributed by atoms with E-state index in [1.165, 1.54) is 0 Å². The molecule has 2 rings (SSSR count). The van der Waals surface area contributed by atoms with Gasteiger partial charge in [-0.3, -0.25) is 4.79 Å². The first-order chi connectivity index (χ1) is 8.02. The molecule has 0 bridgehead atoms. The van der Waals surface area contributed by atoms with Crippen molar-refractivity contribution in [2.24, 2.45) is 5.92 Å². The molecule has 1 saturated heterocycles. The largest absolute Gasteiger partial charge is 0.311 e. The Labute approximate surface area is 114 Å². The van der Waals surface area contributed by atoms with Crippen molar-refractivity contribution in [3.8, 4) is 12.3 Å². The Morgan fingerprint density at radius 1 is 1.29 bits per heavy atom. The second kappa shape index (κ2) is 4.78. The summed E-state index contributed by atoms with van der Waals surface area (Å²) < 4.78 is 0. The van der Waals surface area contributed by atoms with Crippen molar-refractivity contribution in [1.82, 2.24) is 0 Å². The lowest BCUT2D eigenvalue weighted by molar-refractivity contribution is -0.117. The summed E-state index contributed by atoms with van der Waals surface area (Å²) in [6.45, 7) is 0.490. The molecule has 5 heteroatoms. The van der Waals surface area contributed by atoms with Gasteiger partial charge in [0.2, 0.25) is 5.91 Å². The maximum Gasteiger partial charge on any atom is 0.228 e. The van der Waals surface area contributed by atoms with Crippen LogP contribution in [0.4, 0.5) is 5.69 Å². The van der Waals surface area contributed by atoms with E-state index in [1.807, 2.05) is 0 Å². The third kappa shape index (κ3) is 2.37. The predicted molar refractivity (Wildman–Crippen MR) is 70.8 cm³/mol. The van der Waals surface area contributed by atoms with Crippen LogP contribution in [0.15, 0.2) is 12.1 Å². The topological polar surface area (TPSA) is 20.3 Å². The van der Waals surface area contributed by atoms with Gasteiger partial charge >= 0.3 is 0 Å². The van der Waals surface area contributed by atoms with Crippen LogP contribution in [-0.2, 0) is 4.79 Å². The van der Waals surface area contributed by atoms with Crippen molar-refractivity contribution in [1.29, 1.82) is 0 Å². The molecule has 0 spiro atoms. The van der Waals surface area contributed by atoms with E-state index in [0.29, 0.717) is 28.7 Å². The zero-order valence-corrected chi connectivity index (χ0v) is 11.0. The van der Waals surface area contributed by atoms with E-state index < -0.39 is 0 Å². The van der Waals surface area contributed by atoms with Crippen molar-refractivity contribution in [2.45, 2.75) is 6.42 Å². The molecule has 1 aliphatic heterocycles. The number of anilines is 1. The molecule has 0 radical (unpaired) electrons. The van der Waals surface area contributed by atoms with Crippen LogP contribution in [0.25, 0.3) is 0 Å². The predicted octanol–water partition coefficient (Wildman–Crippen LogP) is 3.63. The molecule has 1 aromatic rings. The summed E-state index contributed by atoms with van der Waals surface area (Å²) in [7, 11) is 0. The highest BCUT2D eigenvalue weighted by Crippen LogP contribution is 2.36. The molecule has 2 nitrogen and oxygen atoms in total. The minimum Gasteiger partial charge on any atom is -0.311 e. The Bertz CT molecular complexity index is 498. The molecule has 1 fully saturated rings. The zero-order chi connectivity index (χ0) is 12.6. The smallest absolute Gasteiger partial charge is 0.228 e. The molecule has 0 saturated carbocycles. The van der Waals surface area contributed by atoms with E-state index in [9.17, 15) is 4.79 Å². The molecule has 1 aromatic carbocycles. The minimum atomic E-state index is -0.0595. The molecule has 0 N–H and O–H groups in total. The van der Waals surface area contributed by atoms with Crippen LogP contribution >= 0.6 is 34.8 Å². The molecule has 1 unspecified atom stereocenters. The second-order valence-electron chi connectivity index (χ2n) is 3.80. The number of hydrogen-bond acceptors (Lipinski definition) is 1. The van der Waals surface area contributed by atoms with E-state index in [4.69, 9.17) is 41.2 Å². The van der Waals surface area contributed by atoms with Gasteiger partial charge < -0.3 is 4.90 Å². The average Bonchev–Trinajstić information content (AvgIpc) is 2.67. The number of hydrogen-bond donors (Lipinski definition) is 0. The average molecular weight is 289 g/mol. The van der Waals surface area contributed by atoms with Crippen LogP contribution in [0.5, 0.6) is 0 Å². The third-order valence-corrected chi connectivity index (χ3v) is 3.84. The van der Waals surface area contributed by atoms with Crippen molar-refractivity contribution < 1.29 is 4.79 Å². The number of amides is 1. The van der Waals surface area contributed by atoms with Crippen LogP contribution in [0.2, 0.25) is 15.1 Å². The van der Waals surface area contributed by atoms with Crippen LogP contribution < -0.4 is 4.90 Å². The number of nitrogens with zero attached hydrogens (tertiary/aromatic N) is 1. The first-order valence-electron chi connectivity index (χ1n) is 4.94. The van der Waals surface area contributed by atoms with Crippen molar-refractivity contribution in [3.63, 3.8) is 0 Å². The number of benzene rings is 1. The maximum absolute atomic E-state index is 11.8. The zero-order valence-electron chi connectivity index (χ0n) is 8.71. The normalized spacial score (nSPS) is 19.5. The summed E-state index contributed by atoms with van der Waals surface area (Å²) in [6, 6.07) is 3.24. The summed E-state index contributed by atoms with van der Waals surface area (Å²) in [5, 5.41) is 0.939. The number of halogens is 3. The number of rotatable bonds is 1. The fourth-order valence-electron chi connectivity index (χ4n) is 1.77. The highest BCUT2D eigenvalue weighted by atomic mass is 35.5. The summed E-state index contributed by atoms with van der Waals surface area (Å²) in [6.07, 6.45) is 5.67. The van der Waals surface area contributed by atoms with Crippen LogP contribution in [-0.4, -0.2) is 12.5 Å². The molecule has 88 valence electrons. The Balaban J connectivity index is 2.36. The quantitative estimate of drug-likeness (QED) is 0.571. The summed E-state index contributed by atoms with van der Waals surface area (Å²) in [4.78, 5) is 13.3. The maximum atomic E-state index is 11.8. The van der Waals surface area contributed by atoms with Gasteiger partial charge in [-0.05, 0) is 12.1 Å². The fraction of sp³-hybridized carbons (Fsp3) is 0.250. The van der Waals surface area contributed by atoms with Gasteiger partial charge in [-0.1, -0.05) is 34.8 Å². The highest BCUT2D eigenvalue weighted by Gasteiger charge is 2.29. The van der Waals surface area contributed by atoms with Gasteiger partial charge in [-0.15, -0.1) is 12.3 Å². The van der Waals surface area contributed by atoms with Crippen LogP contribution in [0.3, 0.4) is 0 Å². The van der Waals surface area contributed by atoms with Gasteiger partial charge in [-0.2, -0.15) is 0 Å². The van der Waals surface area contributed by atoms with Gasteiger partial charge in [0.1, 0.15) is 0 Å². The second-order valence-corrected chi connectivity index (χ2v) is 4.99.